The van der Waals surface area contributed by atoms with E-state index in [0.29, 0.717) is 25.9 Å². The largest absolute Gasteiger partial charge is 0.468 e. The molecule has 1 unspecified atom stereocenters. The van der Waals surface area contributed by atoms with Crippen LogP contribution in [-0.2, 0) is 9.53 Å². The molecule has 0 aromatic carbocycles. The summed E-state index contributed by atoms with van der Waals surface area (Å²) in [4.78, 5) is 13.2. The summed E-state index contributed by atoms with van der Waals surface area (Å²) in [7, 11) is 1.31. The Morgan fingerprint density at radius 1 is 1.33 bits per heavy atom. The first-order chi connectivity index (χ1) is 9.54. The van der Waals surface area contributed by atoms with Crippen molar-refractivity contribution in [3.8, 4) is 0 Å². The van der Waals surface area contributed by atoms with Crippen molar-refractivity contribution in [3.05, 3.63) is 0 Å². The van der Waals surface area contributed by atoms with Gasteiger partial charge in [0.2, 0.25) is 0 Å². The maximum atomic E-state index is 12.4. The summed E-state index contributed by atoms with van der Waals surface area (Å²) in [5.74, 6) is -0.393. The quantitative estimate of drug-likeness (QED) is 0.665. The number of nitrogens with zero attached hydrogens (tertiary/aromatic N) is 1. The van der Waals surface area contributed by atoms with E-state index >= 15 is 0 Å². The molecule has 0 aromatic heterocycles. The molecule has 1 N–H and O–H groups in total. The number of rotatable bonds is 9. The van der Waals surface area contributed by atoms with Gasteiger partial charge in [0.25, 0.3) is 0 Å². The van der Waals surface area contributed by atoms with E-state index in [4.69, 9.17) is 4.74 Å². The van der Waals surface area contributed by atoms with Gasteiger partial charge in [0.05, 0.1) is 13.7 Å². The van der Waals surface area contributed by atoms with Gasteiger partial charge >= 0.3 is 12.1 Å². The van der Waals surface area contributed by atoms with Gasteiger partial charge in [-0.05, 0) is 46.7 Å². The number of hydrogen-bond acceptors (Lipinski definition) is 4. The van der Waals surface area contributed by atoms with Gasteiger partial charge in [0, 0.05) is 6.04 Å². The van der Waals surface area contributed by atoms with Crippen molar-refractivity contribution >= 4 is 5.97 Å². The molecule has 0 spiro atoms. The average Bonchev–Trinajstić information content (AvgIpc) is 2.34. The Balaban J connectivity index is 4.51. The third-order valence-corrected chi connectivity index (χ3v) is 3.24. The molecule has 4 nitrogen and oxygen atoms in total. The van der Waals surface area contributed by atoms with Gasteiger partial charge in [0.15, 0.2) is 0 Å². The van der Waals surface area contributed by atoms with Crippen LogP contribution in [0.1, 0.15) is 40.5 Å². The van der Waals surface area contributed by atoms with Crippen LogP contribution in [0.5, 0.6) is 0 Å². The van der Waals surface area contributed by atoms with Crippen molar-refractivity contribution in [2.24, 2.45) is 0 Å². The Bertz CT molecular complexity index is 322. The molecular weight excluding hydrogens is 285 g/mol. The summed E-state index contributed by atoms with van der Waals surface area (Å²) in [5.41, 5.74) is -0.874. The molecule has 0 aliphatic rings. The molecule has 0 saturated carbocycles. The summed E-state index contributed by atoms with van der Waals surface area (Å²) in [6.45, 7) is 6.92. The second-order valence-electron chi connectivity index (χ2n) is 5.71. The van der Waals surface area contributed by atoms with Crippen LogP contribution in [0.2, 0.25) is 0 Å². The number of methoxy groups -OCH3 is 1. The zero-order chi connectivity index (χ0) is 16.7. The van der Waals surface area contributed by atoms with Crippen molar-refractivity contribution < 1.29 is 22.7 Å². The molecule has 21 heavy (non-hydrogen) atoms. The number of carbonyl (C=O) groups is 1. The predicted molar refractivity (Wildman–Crippen MR) is 76.1 cm³/mol. The highest BCUT2D eigenvalue weighted by Crippen LogP contribution is 2.19. The van der Waals surface area contributed by atoms with Crippen LogP contribution in [0.4, 0.5) is 13.2 Å². The Morgan fingerprint density at radius 3 is 2.29 bits per heavy atom. The molecule has 0 heterocycles. The van der Waals surface area contributed by atoms with Gasteiger partial charge in [-0.3, -0.25) is 15.0 Å². The van der Waals surface area contributed by atoms with E-state index in [1.807, 2.05) is 13.8 Å². The first-order valence-corrected chi connectivity index (χ1v) is 7.19. The van der Waals surface area contributed by atoms with Gasteiger partial charge < -0.3 is 4.74 Å². The highest BCUT2D eigenvalue weighted by atomic mass is 19.4. The number of hydrogen-bond donors (Lipinski definition) is 1. The van der Waals surface area contributed by atoms with Crippen LogP contribution in [0, 0.1) is 0 Å². The molecule has 0 aliphatic heterocycles. The standard InChI is InChI=1S/C14H27F3N2O2/c1-6-19(10-14(15,16)17)9-7-8-13(4,12(20)21-5)18-11(2)3/h11,18H,6-10H2,1-5H3. The molecule has 0 aliphatic carbocycles. The lowest BCUT2D eigenvalue weighted by molar-refractivity contribution is -0.150. The molecule has 0 amide bonds. The monoisotopic (exact) mass is 312 g/mol. The minimum absolute atomic E-state index is 0.0755. The van der Waals surface area contributed by atoms with Crippen LogP contribution in [0.25, 0.3) is 0 Å². The second-order valence-corrected chi connectivity index (χ2v) is 5.71. The molecule has 0 fully saturated rings. The third-order valence-electron chi connectivity index (χ3n) is 3.24. The summed E-state index contributed by atoms with van der Waals surface area (Å²) in [5, 5.41) is 3.13. The average molecular weight is 312 g/mol. The van der Waals surface area contributed by atoms with Crippen LogP contribution in [0.3, 0.4) is 0 Å². The molecule has 0 radical (unpaired) electrons. The lowest BCUT2D eigenvalue weighted by Crippen LogP contribution is -2.53. The number of alkyl halides is 3. The van der Waals surface area contributed by atoms with Crippen LogP contribution < -0.4 is 5.32 Å². The molecule has 1 atom stereocenters. The van der Waals surface area contributed by atoms with E-state index in [9.17, 15) is 18.0 Å². The van der Waals surface area contributed by atoms with Crippen molar-refractivity contribution in [1.82, 2.24) is 10.2 Å². The molecule has 0 aromatic rings. The van der Waals surface area contributed by atoms with Crippen molar-refractivity contribution in [2.45, 2.75) is 58.3 Å². The summed E-state index contributed by atoms with van der Waals surface area (Å²) < 4.78 is 41.9. The van der Waals surface area contributed by atoms with Gasteiger partial charge in [-0.2, -0.15) is 13.2 Å². The molecular formula is C14H27F3N2O2. The lowest BCUT2D eigenvalue weighted by Gasteiger charge is -2.31. The Labute approximate surface area is 125 Å². The fourth-order valence-corrected chi connectivity index (χ4v) is 2.35. The predicted octanol–water partition coefficient (Wildman–Crippen LogP) is 2.58. The van der Waals surface area contributed by atoms with Crippen LogP contribution in [0.15, 0.2) is 0 Å². The lowest BCUT2D eigenvalue weighted by atomic mass is 9.94. The highest BCUT2D eigenvalue weighted by molar-refractivity contribution is 5.80. The topological polar surface area (TPSA) is 41.6 Å². The first kappa shape index (κ1) is 20.2. The Kier molecular flexibility index (Phi) is 8.25. The van der Waals surface area contributed by atoms with Gasteiger partial charge in [-0.1, -0.05) is 6.92 Å². The first-order valence-electron chi connectivity index (χ1n) is 7.19. The minimum Gasteiger partial charge on any atom is -0.468 e. The van der Waals surface area contributed by atoms with E-state index in [1.165, 1.54) is 12.0 Å². The van der Waals surface area contributed by atoms with E-state index in [0.717, 1.165) is 0 Å². The molecule has 126 valence electrons. The summed E-state index contributed by atoms with van der Waals surface area (Å²) in [6.07, 6.45) is -3.29. The molecule has 0 saturated heterocycles. The highest BCUT2D eigenvalue weighted by Gasteiger charge is 2.35. The van der Waals surface area contributed by atoms with Gasteiger partial charge in [0.1, 0.15) is 5.54 Å². The van der Waals surface area contributed by atoms with Gasteiger partial charge in [-0.15, -0.1) is 0 Å². The van der Waals surface area contributed by atoms with Crippen molar-refractivity contribution in [3.63, 3.8) is 0 Å². The van der Waals surface area contributed by atoms with Crippen LogP contribution >= 0.6 is 0 Å². The van der Waals surface area contributed by atoms with E-state index in [1.54, 1.807) is 13.8 Å². The normalized spacial score (nSPS) is 15.3. The summed E-state index contributed by atoms with van der Waals surface area (Å²) in [6, 6.07) is 0.0755. The number of halogens is 3. The van der Waals surface area contributed by atoms with Crippen molar-refractivity contribution in [1.29, 1.82) is 0 Å². The van der Waals surface area contributed by atoms with Crippen LogP contribution in [-0.4, -0.2) is 55.4 Å². The molecule has 7 heteroatoms. The fraction of sp³-hybridized carbons (Fsp3) is 0.929. The van der Waals surface area contributed by atoms with E-state index in [-0.39, 0.29) is 6.04 Å². The number of ether oxygens (including phenoxy) is 1. The molecule has 0 rings (SSSR count). The zero-order valence-electron chi connectivity index (χ0n) is 13.5. The van der Waals surface area contributed by atoms with Gasteiger partial charge in [-0.25, -0.2) is 0 Å². The Morgan fingerprint density at radius 2 is 1.90 bits per heavy atom. The van der Waals surface area contributed by atoms with Crippen molar-refractivity contribution in [2.75, 3.05) is 26.7 Å². The fourth-order valence-electron chi connectivity index (χ4n) is 2.35. The third kappa shape index (κ3) is 8.26. The van der Waals surface area contributed by atoms with E-state index < -0.39 is 24.2 Å². The number of esters is 1. The maximum absolute atomic E-state index is 12.4. The number of nitrogens with one attached hydrogen (secondary N) is 1. The number of carbonyl (C=O) groups excluding carboxylic acids is 1. The second kappa shape index (κ2) is 8.58. The maximum Gasteiger partial charge on any atom is 0.401 e. The summed E-state index contributed by atoms with van der Waals surface area (Å²) >= 11 is 0. The SMILES string of the molecule is CCN(CCCC(C)(NC(C)C)C(=O)OC)CC(F)(F)F. The minimum atomic E-state index is -4.20. The smallest absolute Gasteiger partial charge is 0.401 e. The van der Waals surface area contributed by atoms with E-state index in [2.05, 4.69) is 5.32 Å². The zero-order valence-corrected chi connectivity index (χ0v) is 13.5. The molecule has 0 bridgehead atoms. The Hall–Kier alpha value is -0.820.